The van der Waals surface area contributed by atoms with Crippen molar-refractivity contribution in [3.63, 3.8) is 0 Å². The van der Waals surface area contributed by atoms with Crippen molar-refractivity contribution in [3.8, 4) is 11.5 Å². The molecule has 0 heterocycles. The Balaban J connectivity index is 2.60. The zero-order valence-electron chi connectivity index (χ0n) is 9.60. The monoisotopic (exact) mass is 249 g/mol. The largest absolute Gasteiger partial charge is 0.493 e. The summed E-state index contributed by atoms with van der Waals surface area (Å²) in [6.45, 7) is -0.168. The predicted octanol–water partition coefficient (Wildman–Crippen LogP) is 2.36. The zero-order chi connectivity index (χ0) is 12.9. The van der Waals surface area contributed by atoms with Gasteiger partial charge in [0, 0.05) is 6.54 Å². The summed E-state index contributed by atoms with van der Waals surface area (Å²) >= 11 is 0. The maximum Gasteiger partial charge on any atom is 0.457 e. The van der Waals surface area contributed by atoms with E-state index >= 15 is 0 Å². The van der Waals surface area contributed by atoms with Gasteiger partial charge in [-0.3, -0.25) is 0 Å². The standard InChI is InChI=1S/C11H14F3NO2/c1-16-9-4-3-8(7-10(9)17-2)5-6-15-11(12,13)14/h3-4,7,15H,5-6H2,1-2H3. The minimum atomic E-state index is -4.34. The lowest BCUT2D eigenvalue weighted by atomic mass is 10.1. The number of rotatable bonds is 5. The normalized spacial score (nSPS) is 11.4. The van der Waals surface area contributed by atoms with Gasteiger partial charge in [-0.1, -0.05) is 6.07 Å². The number of ether oxygens (including phenoxy) is 2. The second-order valence-electron chi connectivity index (χ2n) is 3.36. The molecule has 0 saturated heterocycles. The van der Waals surface area contributed by atoms with Crippen LogP contribution >= 0.6 is 0 Å². The lowest BCUT2D eigenvalue weighted by molar-refractivity contribution is -0.156. The third-order valence-electron chi connectivity index (χ3n) is 2.19. The molecule has 0 saturated carbocycles. The molecule has 0 aliphatic carbocycles. The number of halogens is 3. The number of benzene rings is 1. The molecule has 0 unspecified atom stereocenters. The van der Waals surface area contributed by atoms with Crippen LogP contribution in [0.25, 0.3) is 0 Å². The smallest absolute Gasteiger partial charge is 0.457 e. The van der Waals surface area contributed by atoms with Crippen LogP contribution in [0.3, 0.4) is 0 Å². The van der Waals surface area contributed by atoms with Crippen LogP contribution in [0.2, 0.25) is 0 Å². The molecule has 1 rings (SSSR count). The van der Waals surface area contributed by atoms with Gasteiger partial charge in [-0.2, -0.15) is 13.2 Å². The van der Waals surface area contributed by atoms with Crippen molar-refractivity contribution in [2.75, 3.05) is 20.8 Å². The number of methoxy groups -OCH3 is 2. The molecule has 1 aromatic carbocycles. The average Bonchev–Trinajstić information content (AvgIpc) is 2.27. The van der Waals surface area contributed by atoms with Crippen LogP contribution in [0.4, 0.5) is 13.2 Å². The molecule has 0 amide bonds. The third-order valence-corrected chi connectivity index (χ3v) is 2.19. The molecule has 0 aliphatic rings. The molecular weight excluding hydrogens is 235 g/mol. The predicted molar refractivity (Wildman–Crippen MR) is 57.3 cm³/mol. The number of hydrogen-bond donors (Lipinski definition) is 1. The Labute approximate surface area is 97.5 Å². The average molecular weight is 249 g/mol. The first-order chi connectivity index (χ1) is 7.96. The first-order valence-corrected chi connectivity index (χ1v) is 4.99. The van der Waals surface area contributed by atoms with Gasteiger partial charge in [-0.05, 0) is 24.1 Å². The van der Waals surface area contributed by atoms with Crippen molar-refractivity contribution in [2.45, 2.75) is 12.7 Å². The van der Waals surface area contributed by atoms with E-state index in [1.807, 2.05) is 0 Å². The summed E-state index contributed by atoms with van der Waals surface area (Å²) in [4.78, 5) is 0. The highest BCUT2D eigenvalue weighted by atomic mass is 19.4. The van der Waals surface area contributed by atoms with Crippen molar-refractivity contribution in [2.24, 2.45) is 0 Å². The molecule has 0 atom stereocenters. The van der Waals surface area contributed by atoms with E-state index in [-0.39, 0.29) is 13.0 Å². The molecular formula is C11H14F3NO2. The summed E-state index contributed by atoms with van der Waals surface area (Å²) in [5.74, 6) is 1.07. The summed E-state index contributed by atoms with van der Waals surface area (Å²) in [6.07, 6.45) is -4.07. The molecule has 3 nitrogen and oxygen atoms in total. The molecule has 1 aromatic rings. The van der Waals surface area contributed by atoms with Gasteiger partial charge >= 0.3 is 6.30 Å². The van der Waals surface area contributed by atoms with Crippen molar-refractivity contribution in [1.29, 1.82) is 0 Å². The molecule has 0 aromatic heterocycles. The van der Waals surface area contributed by atoms with E-state index in [2.05, 4.69) is 0 Å². The van der Waals surface area contributed by atoms with E-state index in [0.29, 0.717) is 11.5 Å². The molecule has 0 radical (unpaired) electrons. The lowest BCUT2D eigenvalue weighted by Gasteiger charge is -2.11. The van der Waals surface area contributed by atoms with E-state index in [1.54, 1.807) is 18.2 Å². The molecule has 0 bridgehead atoms. The molecule has 0 spiro atoms. The fourth-order valence-electron chi connectivity index (χ4n) is 1.38. The number of nitrogens with one attached hydrogen (secondary N) is 1. The minimum absolute atomic E-state index is 0.168. The summed E-state index contributed by atoms with van der Waals surface area (Å²) < 4.78 is 45.7. The van der Waals surface area contributed by atoms with Gasteiger partial charge in [-0.25, -0.2) is 5.32 Å². The Hall–Kier alpha value is -1.43. The summed E-state index contributed by atoms with van der Waals surface area (Å²) in [5, 5.41) is 1.46. The number of alkyl halides is 3. The second-order valence-corrected chi connectivity index (χ2v) is 3.36. The first-order valence-electron chi connectivity index (χ1n) is 4.99. The fourth-order valence-corrected chi connectivity index (χ4v) is 1.38. The van der Waals surface area contributed by atoms with Crippen molar-refractivity contribution in [3.05, 3.63) is 23.8 Å². The van der Waals surface area contributed by atoms with E-state index in [1.165, 1.54) is 19.5 Å². The lowest BCUT2D eigenvalue weighted by Crippen LogP contribution is -2.33. The topological polar surface area (TPSA) is 30.5 Å². The van der Waals surface area contributed by atoms with Gasteiger partial charge in [-0.15, -0.1) is 0 Å². The van der Waals surface area contributed by atoms with Gasteiger partial charge in [0.2, 0.25) is 0 Å². The molecule has 0 fully saturated rings. The minimum Gasteiger partial charge on any atom is -0.493 e. The maximum atomic E-state index is 11.9. The van der Waals surface area contributed by atoms with Gasteiger partial charge in [0.1, 0.15) is 0 Å². The zero-order valence-corrected chi connectivity index (χ0v) is 9.60. The summed E-state index contributed by atoms with van der Waals surface area (Å²) in [5.41, 5.74) is 0.749. The third kappa shape index (κ3) is 4.52. The molecule has 6 heteroatoms. The van der Waals surface area contributed by atoms with Crippen molar-refractivity contribution in [1.82, 2.24) is 5.32 Å². The van der Waals surface area contributed by atoms with E-state index in [4.69, 9.17) is 9.47 Å². The Bertz CT molecular complexity index is 366. The van der Waals surface area contributed by atoms with Gasteiger partial charge in [0.15, 0.2) is 11.5 Å². The van der Waals surface area contributed by atoms with Crippen LogP contribution < -0.4 is 14.8 Å². The highest BCUT2D eigenvalue weighted by Crippen LogP contribution is 2.27. The summed E-state index contributed by atoms with van der Waals surface area (Å²) in [7, 11) is 2.98. The van der Waals surface area contributed by atoms with Crippen LogP contribution in [-0.2, 0) is 6.42 Å². The molecule has 96 valence electrons. The van der Waals surface area contributed by atoms with Crippen molar-refractivity contribution >= 4 is 0 Å². The SMILES string of the molecule is COc1ccc(CCNC(F)(F)F)cc1OC. The first kappa shape index (κ1) is 13.6. The Kier molecular flexibility index (Phi) is 4.62. The quantitative estimate of drug-likeness (QED) is 0.812. The van der Waals surface area contributed by atoms with E-state index in [9.17, 15) is 13.2 Å². The van der Waals surface area contributed by atoms with E-state index in [0.717, 1.165) is 5.56 Å². The Morgan fingerprint density at radius 3 is 2.29 bits per heavy atom. The Morgan fingerprint density at radius 2 is 1.76 bits per heavy atom. The van der Waals surface area contributed by atoms with Gasteiger partial charge in [0.05, 0.1) is 14.2 Å². The maximum absolute atomic E-state index is 11.9. The molecule has 17 heavy (non-hydrogen) atoms. The number of hydrogen-bond acceptors (Lipinski definition) is 3. The Morgan fingerprint density at radius 1 is 1.12 bits per heavy atom. The van der Waals surface area contributed by atoms with E-state index < -0.39 is 6.30 Å². The van der Waals surface area contributed by atoms with Gasteiger partial charge < -0.3 is 9.47 Å². The van der Waals surface area contributed by atoms with Crippen LogP contribution in [0.5, 0.6) is 11.5 Å². The highest BCUT2D eigenvalue weighted by Gasteiger charge is 2.25. The van der Waals surface area contributed by atoms with Gasteiger partial charge in [0.25, 0.3) is 0 Å². The van der Waals surface area contributed by atoms with Crippen molar-refractivity contribution < 1.29 is 22.6 Å². The van der Waals surface area contributed by atoms with Crippen LogP contribution in [-0.4, -0.2) is 27.1 Å². The highest BCUT2D eigenvalue weighted by molar-refractivity contribution is 5.42. The van der Waals surface area contributed by atoms with Crippen LogP contribution in [0.1, 0.15) is 5.56 Å². The van der Waals surface area contributed by atoms with Crippen LogP contribution in [0, 0.1) is 0 Å². The molecule has 0 aliphatic heterocycles. The molecule has 1 N–H and O–H groups in total. The second kappa shape index (κ2) is 5.77. The fraction of sp³-hybridized carbons (Fsp3) is 0.455. The summed E-state index contributed by atoms with van der Waals surface area (Å²) in [6, 6.07) is 5.04. The van der Waals surface area contributed by atoms with Crippen LogP contribution in [0.15, 0.2) is 18.2 Å².